The van der Waals surface area contributed by atoms with E-state index in [0.717, 1.165) is 94.6 Å². The maximum Gasteiger partial charge on any atom is 0.407 e. The number of piperidine rings is 1. The second kappa shape index (κ2) is 17.2. The van der Waals surface area contributed by atoms with Crippen molar-refractivity contribution < 1.29 is 33.4 Å². The Morgan fingerprint density at radius 2 is 1.40 bits per heavy atom. The van der Waals surface area contributed by atoms with Crippen LogP contribution < -0.4 is 10.6 Å². The number of nitrogens with zero attached hydrogens (tertiary/aromatic N) is 4. The number of carbonyl (C=O) groups excluding carboxylic acids is 4. The molecule has 2 aliphatic heterocycles. The number of imidazole rings is 2. The number of benzene rings is 3. The Morgan fingerprint density at radius 1 is 0.778 bits per heavy atom. The van der Waals surface area contributed by atoms with E-state index in [2.05, 4.69) is 81.3 Å². The third-order valence-corrected chi connectivity index (χ3v) is 13.8. The zero-order chi connectivity index (χ0) is 44.0. The lowest BCUT2D eigenvalue weighted by molar-refractivity contribution is -0.138. The van der Waals surface area contributed by atoms with Crippen molar-refractivity contribution in [2.75, 3.05) is 34.5 Å². The quantitative estimate of drug-likeness (QED) is 0.0930. The van der Waals surface area contributed by atoms with Crippen LogP contribution in [0.2, 0.25) is 0 Å². The van der Waals surface area contributed by atoms with Crippen molar-refractivity contribution in [1.82, 2.24) is 40.4 Å². The van der Waals surface area contributed by atoms with E-state index in [9.17, 15) is 19.2 Å². The lowest BCUT2D eigenvalue weighted by atomic mass is 9.97. The molecule has 4 N–H and O–H groups in total. The average Bonchev–Trinajstić information content (AvgIpc) is 3.94. The minimum Gasteiger partial charge on any atom is -0.453 e. The zero-order valence-electron chi connectivity index (χ0n) is 36.5. The molecule has 4 amide bonds. The summed E-state index contributed by atoms with van der Waals surface area (Å²) in [5, 5.41) is 7.67. The number of likely N-dealkylation sites (tertiary alicyclic amines) is 2. The Hall–Kier alpha value is -6.22. The molecule has 0 radical (unpaired) electrons. The molecule has 63 heavy (non-hydrogen) atoms. The first-order chi connectivity index (χ1) is 30.5. The fourth-order valence-corrected chi connectivity index (χ4v) is 10.2. The lowest BCUT2D eigenvalue weighted by Gasteiger charge is -2.36. The minimum atomic E-state index is -0.755. The summed E-state index contributed by atoms with van der Waals surface area (Å²) >= 11 is 0. The number of carbonyl (C=O) groups is 4. The Bertz CT molecular complexity index is 2510. The number of alkyl carbamates (subject to hydrolysis) is 2. The Balaban J connectivity index is 0.889. The standard InChI is InChI=1S/C48H56N8O7/c1-27(2)40(54-47(60)63-5)45(58)55-26-48(17-18-48)23-39(55)42-49-25-38(51-42)33-13-12-31-20-30(10-11-32(31)21-33)28-6-8-29(9-7-28)37-24-50-43(52-37)41-34-14-15-35(22-34)56(41)44(57)36(16-19-61-3)53-46(59)62-4/h6-13,20-21,24-25,27,34-36,39-41H,14-19,22-23,26H2,1-5H3,(H,49,51)(H,50,52)(H,53,59)(H,54,60)/t34-,35?,36-,39-,40?,41-/m0/s1. The first-order valence-corrected chi connectivity index (χ1v) is 22.0. The van der Waals surface area contributed by atoms with Crippen molar-refractivity contribution in [2.24, 2.45) is 17.3 Å². The van der Waals surface area contributed by atoms with Crippen molar-refractivity contribution in [3.8, 4) is 33.6 Å². The van der Waals surface area contributed by atoms with Crippen LogP contribution in [-0.4, -0.2) is 106 Å². The molecule has 2 aliphatic carbocycles. The van der Waals surface area contributed by atoms with Crippen molar-refractivity contribution in [2.45, 2.75) is 89.0 Å². The molecule has 4 heterocycles. The molecule has 4 fully saturated rings. The highest BCUT2D eigenvalue weighted by Crippen LogP contribution is 2.58. The average molecular weight is 857 g/mol. The topological polar surface area (TPSA) is 184 Å². The van der Waals surface area contributed by atoms with Gasteiger partial charge in [0.05, 0.1) is 50.1 Å². The van der Waals surface area contributed by atoms with Crippen molar-refractivity contribution in [3.05, 3.63) is 84.7 Å². The van der Waals surface area contributed by atoms with Gasteiger partial charge in [0.25, 0.3) is 0 Å². The van der Waals surface area contributed by atoms with Gasteiger partial charge in [-0.15, -0.1) is 0 Å². The largest absolute Gasteiger partial charge is 0.453 e. The second-order valence-electron chi connectivity index (χ2n) is 18.1. The summed E-state index contributed by atoms with van der Waals surface area (Å²) in [4.78, 5) is 72.7. The Kier molecular flexibility index (Phi) is 11.5. The summed E-state index contributed by atoms with van der Waals surface area (Å²) in [6.45, 7) is 4.83. The van der Waals surface area contributed by atoms with Crippen molar-refractivity contribution in [1.29, 1.82) is 0 Å². The molecular weight excluding hydrogens is 801 g/mol. The maximum absolute atomic E-state index is 14.0. The highest BCUT2D eigenvalue weighted by atomic mass is 16.5. The summed E-state index contributed by atoms with van der Waals surface area (Å²) < 4.78 is 14.9. The first-order valence-electron chi connectivity index (χ1n) is 22.0. The van der Waals surface area contributed by atoms with Gasteiger partial charge in [0, 0.05) is 38.3 Å². The highest BCUT2D eigenvalue weighted by molar-refractivity contribution is 5.91. The molecule has 330 valence electrons. The van der Waals surface area contributed by atoms with E-state index in [-0.39, 0.29) is 41.3 Å². The molecule has 3 aromatic carbocycles. The SMILES string of the molecule is COCC[C@H](NC(=O)OC)C(=O)N1C2CC[C@@H](C2)[C@H]1c1ncc(-c2ccc(-c3ccc4cc(-c5cnc([C@@H]6CC7(CC7)CN6C(=O)C(NC(=O)OC)C(C)C)[nH]5)ccc4c3)cc2)[nH]1. The molecule has 6 atom stereocenters. The first kappa shape index (κ1) is 42.1. The molecule has 2 unspecified atom stereocenters. The van der Waals surface area contributed by atoms with Gasteiger partial charge < -0.3 is 44.6 Å². The van der Waals surface area contributed by atoms with Crippen LogP contribution in [0, 0.1) is 17.3 Å². The number of methoxy groups -OCH3 is 3. The zero-order valence-corrected chi connectivity index (χ0v) is 36.5. The molecule has 15 nitrogen and oxygen atoms in total. The van der Waals surface area contributed by atoms with Gasteiger partial charge in [0.15, 0.2) is 0 Å². The van der Waals surface area contributed by atoms with Crippen LogP contribution in [0.25, 0.3) is 44.4 Å². The van der Waals surface area contributed by atoms with Gasteiger partial charge in [-0.3, -0.25) is 9.59 Å². The maximum atomic E-state index is 14.0. The summed E-state index contributed by atoms with van der Waals surface area (Å²) in [7, 11) is 4.17. The predicted octanol–water partition coefficient (Wildman–Crippen LogP) is 7.53. The molecule has 2 bridgehead atoms. The number of aromatic nitrogens is 4. The Morgan fingerprint density at radius 3 is 2.08 bits per heavy atom. The molecule has 2 saturated carbocycles. The van der Waals surface area contributed by atoms with Gasteiger partial charge in [0.2, 0.25) is 11.8 Å². The van der Waals surface area contributed by atoms with Crippen LogP contribution in [0.4, 0.5) is 9.59 Å². The van der Waals surface area contributed by atoms with Gasteiger partial charge in [-0.25, -0.2) is 19.6 Å². The molecule has 5 aromatic rings. The van der Waals surface area contributed by atoms with Gasteiger partial charge in [0.1, 0.15) is 23.7 Å². The van der Waals surface area contributed by atoms with E-state index in [1.54, 1.807) is 7.11 Å². The van der Waals surface area contributed by atoms with Crippen LogP contribution in [0.15, 0.2) is 73.1 Å². The number of hydrogen-bond acceptors (Lipinski definition) is 9. The lowest BCUT2D eigenvalue weighted by Crippen LogP contribution is -2.52. The highest BCUT2D eigenvalue weighted by Gasteiger charge is 2.55. The smallest absolute Gasteiger partial charge is 0.407 e. The number of H-pyrrole nitrogens is 2. The number of aromatic amines is 2. The third kappa shape index (κ3) is 8.26. The molecular formula is C48H56N8O7. The molecule has 15 heteroatoms. The van der Waals surface area contributed by atoms with Gasteiger partial charge in [-0.1, -0.05) is 62.4 Å². The van der Waals surface area contributed by atoms with E-state index < -0.39 is 24.3 Å². The molecule has 4 aliphatic rings. The van der Waals surface area contributed by atoms with Crippen LogP contribution in [0.1, 0.15) is 82.5 Å². The number of rotatable bonds is 13. The number of hydrogen-bond donors (Lipinski definition) is 4. The fourth-order valence-electron chi connectivity index (χ4n) is 10.2. The summed E-state index contributed by atoms with van der Waals surface area (Å²) in [5.74, 6) is 1.45. The molecule has 9 rings (SSSR count). The van der Waals surface area contributed by atoms with E-state index in [4.69, 9.17) is 24.2 Å². The summed E-state index contributed by atoms with van der Waals surface area (Å²) in [6.07, 6.45) is 8.66. The monoisotopic (exact) mass is 856 g/mol. The van der Waals surface area contributed by atoms with Gasteiger partial charge in [-0.05, 0) is 95.4 Å². The molecule has 2 aromatic heterocycles. The number of amides is 4. The molecule has 2 saturated heterocycles. The second-order valence-corrected chi connectivity index (χ2v) is 18.1. The van der Waals surface area contributed by atoms with E-state index in [0.29, 0.717) is 25.5 Å². The number of nitrogens with one attached hydrogen (secondary N) is 4. The van der Waals surface area contributed by atoms with Crippen molar-refractivity contribution in [3.63, 3.8) is 0 Å². The van der Waals surface area contributed by atoms with E-state index >= 15 is 0 Å². The fraction of sp³-hybridized carbons (Fsp3) is 0.458. The minimum absolute atomic E-state index is 0.0982. The normalized spacial score (nSPS) is 21.8. The van der Waals surface area contributed by atoms with E-state index in [1.165, 1.54) is 14.2 Å². The Labute approximate surface area is 366 Å². The predicted molar refractivity (Wildman–Crippen MR) is 236 cm³/mol. The van der Waals surface area contributed by atoms with Crippen LogP contribution in [-0.2, 0) is 23.8 Å². The van der Waals surface area contributed by atoms with Crippen LogP contribution in [0.3, 0.4) is 0 Å². The van der Waals surface area contributed by atoms with Crippen molar-refractivity contribution >= 4 is 34.8 Å². The summed E-state index contributed by atoms with van der Waals surface area (Å²) in [5.41, 5.74) is 6.04. The third-order valence-electron chi connectivity index (χ3n) is 13.8. The van der Waals surface area contributed by atoms with Crippen LogP contribution >= 0.6 is 0 Å². The van der Waals surface area contributed by atoms with E-state index in [1.807, 2.05) is 36.0 Å². The van der Waals surface area contributed by atoms with Gasteiger partial charge in [-0.2, -0.15) is 0 Å². The molecule has 1 spiro atoms. The van der Waals surface area contributed by atoms with Gasteiger partial charge >= 0.3 is 12.2 Å². The number of fused-ring (bicyclic) bond motifs is 3. The summed E-state index contributed by atoms with van der Waals surface area (Å²) in [6, 6.07) is 19.5. The number of ether oxygens (including phenoxy) is 3. The van der Waals surface area contributed by atoms with Crippen LogP contribution in [0.5, 0.6) is 0 Å².